The number of H-pyrrole nitrogens is 1. The topological polar surface area (TPSA) is 200 Å². The number of aryl methyl sites for hydroxylation is 1. The Hall–Kier alpha value is -5.55. The minimum Gasteiger partial charge on any atom is -0.394 e. The first-order valence-electron chi connectivity index (χ1n) is 12.6. The van der Waals surface area contributed by atoms with Gasteiger partial charge in [-0.05, 0) is 19.1 Å². The SMILES string of the molecule is CC(=O)OC(C)=O.Cc1nc2c(cnn2-c2ncc(C(F)(F)F)cc2Cl)c(=O)[nH]1.N#Cc1cnn(-c2ncc(C(F)(F)F)cc2Cl)c1N. The molecule has 48 heavy (non-hydrogen) atoms. The summed E-state index contributed by atoms with van der Waals surface area (Å²) in [7, 11) is 0. The van der Waals surface area contributed by atoms with Crippen LogP contribution in [0.5, 0.6) is 0 Å². The van der Waals surface area contributed by atoms with Crippen molar-refractivity contribution in [2.24, 2.45) is 0 Å². The average Bonchev–Trinajstić information content (AvgIpc) is 3.55. The van der Waals surface area contributed by atoms with Crippen LogP contribution in [0.25, 0.3) is 22.7 Å². The Bertz CT molecular complexity index is 2090. The number of nitriles is 1. The van der Waals surface area contributed by atoms with Crippen LogP contribution in [0.15, 0.2) is 41.7 Å². The number of ether oxygens (including phenoxy) is 1. The van der Waals surface area contributed by atoms with Gasteiger partial charge in [0.25, 0.3) is 5.56 Å². The Balaban J connectivity index is 0.000000220. The lowest BCUT2D eigenvalue weighted by Gasteiger charge is -2.09. The van der Waals surface area contributed by atoms with Crippen LogP contribution in [-0.4, -0.2) is 51.4 Å². The van der Waals surface area contributed by atoms with E-state index in [9.17, 15) is 40.7 Å². The number of alkyl halides is 6. The maximum absolute atomic E-state index is 12.6. The number of nitrogens with two attached hydrogens (primary N) is 1. The number of carbonyl (C=O) groups is 2. The molecular formula is C26H18Cl2F6N10O4. The maximum atomic E-state index is 12.6. The van der Waals surface area contributed by atoms with Gasteiger partial charge < -0.3 is 15.5 Å². The fourth-order valence-electron chi connectivity index (χ4n) is 3.48. The normalized spacial score (nSPS) is 11.1. The highest BCUT2D eigenvalue weighted by atomic mass is 35.5. The molecule has 5 aromatic heterocycles. The van der Waals surface area contributed by atoms with E-state index in [-0.39, 0.29) is 44.1 Å². The van der Waals surface area contributed by atoms with E-state index in [0.29, 0.717) is 18.2 Å². The van der Waals surface area contributed by atoms with E-state index in [1.807, 2.05) is 0 Å². The van der Waals surface area contributed by atoms with Gasteiger partial charge in [0.2, 0.25) is 0 Å². The summed E-state index contributed by atoms with van der Waals surface area (Å²) in [5.41, 5.74) is 3.48. The van der Waals surface area contributed by atoms with Gasteiger partial charge in [-0.3, -0.25) is 14.4 Å². The van der Waals surface area contributed by atoms with Crippen molar-refractivity contribution < 1.29 is 40.7 Å². The zero-order valence-electron chi connectivity index (χ0n) is 24.3. The largest absolute Gasteiger partial charge is 0.417 e. The summed E-state index contributed by atoms with van der Waals surface area (Å²) in [6, 6.07) is 3.25. The number of aromatic nitrogens is 8. The van der Waals surface area contributed by atoms with Crippen LogP contribution in [0.2, 0.25) is 10.0 Å². The van der Waals surface area contributed by atoms with Crippen LogP contribution in [0.3, 0.4) is 0 Å². The van der Waals surface area contributed by atoms with Gasteiger partial charge in [0.05, 0.1) is 33.6 Å². The summed E-state index contributed by atoms with van der Waals surface area (Å²) >= 11 is 11.6. The maximum Gasteiger partial charge on any atom is 0.417 e. The first-order chi connectivity index (χ1) is 22.2. The van der Waals surface area contributed by atoms with E-state index >= 15 is 0 Å². The number of aromatic amines is 1. The Kier molecular flexibility index (Phi) is 11.1. The van der Waals surface area contributed by atoms with E-state index < -0.39 is 41.0 Å². The number of carbonyl (C=O) groups excluding carboxylic acids is 2. The number of hydrogen-bond donors (Lipinski definition) is 2. The molecule has 3 N–H and O–H groups in total. The average molecular weight is 719 g/mol. The van der Waals surface area contributed by atoms with Crippen molar-refractivity contribution in [1.29, 1.82) is 5.26 Å². The van der Waals surface area contributed by atoms with E-state index in [0.717, 1.165) is 21.5 Å². The van der Waals surface area contributed by atoms with Crippen molar-refractivity contribution >= 4 is 52.0 Å². The first-order valence-corrected chi connectivity index (χ1v) is 13.3. The van der Waals surface area contributed by atoms with Crippen molar-refractivity contribution in [3.63, 3.8) is 0 Å². The summed E-state index contributed by atoms with van der Waals surface area (Å²) < 4.78 is 81.3. The number of hydrogen-bond acceptors (Lipinski definition) is 11. The molecule has 5 rings (SSSR count). The minimum absolute atomic E-state index is 0.0397. The van der Waals surface area contributed by atoms with Gasteiger partial charge in [0, 0.05) is 26.2 Å². The highest BCUT2D eigenvalue weighted by Crippen LogP contribution is 2.33. The molecular weight excluding hydrogens is 701 g/mol. The number of nitrogens with one attached hydrogen (secondary N) is 1. The van der Waals surface area contributed by atoms with E-state index in [1.54, 1.807) is 13.0 Å². The second kappa shape index (κ2) is 14.5. The fraction of sp³-hybridized carbons (Fsp3) is 0.192. The molecule has 0 radical (unpaired) electrons. The fourth-order valence-corrected chi connectivity index (χ4v) is 3.97. The Morgan fingerprint density at radius 1 is 0.896 bits per heavy atom. The van der Waals surface area contributed by atoms with Crippen molar-refractivity contribution in [2.45, 2.75) is 33.1 Å². The van der Waals surface area contributed by atoms with Crippen LogP contribution in [0.4, 0.5) is 32.2 Å². The summed E-state index contributed by atoms with van der Waals surface area (Å²) in [6.45, 7) is 3.93. The first kappa shape index (κ1) is 36.9. The summed E-state index contributed by atoms with van der Waals surface area (Å²) in [6.07, 6.45) is -5.40. The zero-order valence-corrected chi connectivity index (χ0v) is 25.8. The van der Waals surface area contributed by atoms with Crippen LogP contribution in [-0.2, 0) is 26.7 Å². The third-order valence-corrected chi connectivity index (χ3v) is 6.03. The van der Waals surface area contributed by atoms with Crippen LogP contribution in [0.1, 0.15) is 36.4 Å². The Labute approximate surface area is 273 Å². The summed E-state index contributed by atoms with van der Waals surface area (Å²) in [5, 5.41) is 16.1. The number of rotatable bonds is 2. The Morgan fingerprint density at radius 2 is 1.38 bits per heavy atom. The second-order valence-electron chi connectivity index (χ2n) is 9.05. The van der Waals surface area contributed by atoms with E-state index in [4.69, 9.17) is 34.2 Å². The number of esters is 2. The number of fused-ring (bicyclic) bond motifs is 1. The van der Waals surface area contributed by atoms with Gasteiger partial charge in [-0.2, -0.15) is 51.2 Å². The molecule has 252 valence electrons. The molecule has 0 saturated carbocycles. The van der Waals surface area contributed by atoms with Crippen LogP contribution in [0, 0.1) is 18.3 Å². The second-order valence-corrected chi connectivity index (χ2v) is 9.87. The number of nitrogen functional groups attached to an aromatic ring is 1. The van der Waals surface area contributed by atoms with Gasteiger partial charge in [-0.15, -0.1) is 0 Å². The molecule has 0 aromatic carbocycles. The molecule has 0 unspecified atom stereocenters. The van der Waals surface area contributed by atoms with Crippen LogP contribution >= 0.6 is 23.2 Å². The lowest BCUT2D eigenvalue weighted by atomic mass is 10.3. The van der Waals surface area contributed by atoms with Gasteiger partial charge >= 0.3 is 24.3 Å². The number of pyridine rings is 2. The summed E-state index contributed by atoms with van der Waals surface area (Å²) in [4.78, 5) is 45.3. The molecule has 0 amide bonds. The van der Waals surface area contributed by atoms with Crippen molar-refractivity contribution in [3.05, 3.63) is 79.8 Å². The standard InChI is InChI=1S/C12H7ClF3N5O.C10H5ClF3N5.C4H6O3/c1-5-19-9-7(11(22)20-5)4-18-21(9)10-8(13)2-6(3-17-10)12(14,15)16;11-7-1-6(10(12,13)14)4-17-9(7)19-8(16)5(2-15)3-18-19;1-3(5)7-4(2)6/h2-4H,1H3,(H,19,20,22);1,3-4H,16H2;1-2H3. The zero-order chi connectivity index (χ0) is 36.1. The van der Waals surface area contributed by atoms with E-state index in [2.05, 4.69) is 34.9 Å². The van der Waals surface area contributed by atoms with Gasteiger partial charge in [-0.1, -0.05) is 23.2 Å². The molecule has 14 nitrogen and oxygen atoms in total. The lowest BCUT2D eigenvalue weighted by Crippen LogP contribution is -2.11. The lowest BCUT2D eigenvalue weighted by molar-refractivity contribution is -0.156. The third-order valence-electron chi connectivity index (χ3n) is 5.47. The van der Waals surface area contributed by atoms with Crippen molar-refractivity contribution in [2.75, 3.05) is 5.73 Å². The van der Waals surface area contributed by atoms with E-state index in [1.165, 1.54) is 26.2 Å². The molecule has 0 bridgehead atoms. The molecule has 5 heterocycles. The smallest absolute Gasteiger partial charge is 0.394 e. The summed E-state index contributed by atoms with van der Waals surface area (Å²) in [5.74, 6) is -0.949. The number of halogens is 8. The number of nitrogens with zero attached hydrogens (tertiary/aromatic N) is 8. The quantitative estimate of drug-likeness (QED) is 0.142. The molecule has 0 fully saturated rings. The molecule has 0 saturated heterocycles. The molecule has 22 heteroatoms. The van der Waals surface area contributed by atoms with Crippen molar-refractivity contribution in [1.82, 2.24) is 39.5 Å². The molecule has 0 atom stereocenters. The minimum atomic E-state index is -4.55. The van der Waals surface area contributed by atoms with Crippen LogP contribution < -0.4 is 11.3 Å². The monoisotopic (exact) mass is 718 g/mol. The molecule has 0 aliphatic heterocycles. The Morgan fingerprint density at radius 3 is 1.77 bits per heavy atom. The molecule has 0 aliphatic rings. The molecule has 5 aromatic rings. The van der Waals surface area contributed by atoms with Crippen molar-refractivity contribution in [3.8, 4) is 17.7 Å². The molecule has 0 spiro atoms. The van der Waals surface area contributed by atoms with Gasteiger partial charge in [0.15, 0.2) is 17.3 Å². The number of anilines is 1. The predicted octanol–water partition coefficient (Wildman–Crippen LogP) is 4.97. The van der Waals surface area contributed by atoms with Gasteiger partial charge in [-0.25, -0.2) is 15.0 Å². The molecule has 0 aliphatic carbocycles. The third kappa shape index (κ3) is 8.83. The predicted molar refractivity (Wildman–Crippen MR) is 155 cm³/mol. The highest BCUT2D eigenvalue weighted by Gasteiger charge is 2.33. The highest BCUT2D eigenvalue weighted by molar-refractivity contribution is 6.32. The van der Waals surface area contributed by atoms with Gasteiger partial charge in [0.1, 0.15) is 28.7 Å².